The number of aryl methyl sites for hydroxylation is 1. The Morgan fingerprint density at radius 1 is 1.32 bits per heavy atom. The van der Waals surface area contributed by atoms with Crippen LogP contribution in [-0.4, -0.2) is 43.0 Å². The van der Waals surface area contributed by atoms with Crippen molar-refractivity contribution in [2.75, 3.05) is 20.2 Å². The summed E-state index contributed by atoms with van der Waals surface area (Å²) in [5.74, 6) is 1.28. The van der Waals surface area contributed by atoms with E-state index in [2.05, 4.69) is 5.32 Å². The van der Waals surface area contributed by atoms with Gasteiger partial charge in [-0.25, -0.2) is 0 Å². The van der Waals surface area contributed by atoms with Gasteiger partial charge in [0.25, 0.3) is 5.91 Å². The minimum Gasteiger partial charge on any atom is -0.497 e. The molecule has 1 atom stereocenters. The lowest BCUT2D eigenvalue weighted by molar-refractivity contribution is -0.127. The molecule has 0 spiro atoms. The Balaban J connectivity index is 1.51. The van der Waals surface area contributed by atoms with Crippen LogP contribution >= 0.6 is 0 Å². The van der Waals surface area contributed by atoms with Crippen LogP contribution in [0.25, 0.3) is 0 Å². The number of rotatable bonds is 6. The maximum atomic E-state index is 12.2. The van der Waals surface area contributed by atoms with Gasteiger partial charge in [0, 0.05) is 19.5 Å². The fourth-order valence-corrected chi connectivity index (χ4v) is 3.02. The van der Waals surface area contributed by atoms with Crippen LogP contribution in [0.5, 0.6) is 5.75 Å². The summed E-state index contributed by atoms with van der Waals surface area (Å²) in [5, 5.41) is 2.92. The Kier molecular flexibility index (Phi) is 5.07. The van der Waals surface area contributed by atoms with Crippen molar-refractivity contribution in [3.8, 4) is 5.75 Å². The molecule has 2 amide bonds. The Morgan fingerprint density at radius 3 is 2.72 bits per heavy atom. The van der Waals surface area contributed by atoms with Crippen molar-refractivity contribution in [2.24, 2.45) is 0 Å². The van der Waals surface area contributed by atoms with Crippen molar-refractivity contribution in [3.05, 3.63) is 53.5 Å². The standard InChI is InChI=1S/C19H22N2O4/c1-13-17(8-10-25-13)19(23)20-15-11-18(22)21(12-15)9-7-14-3-5-16(24-2)6-4-14/h3-6,8,10,15H,7,9,11-12H2,1-2H3,(H,20,23). The van der Waals surface area contributed by atoms with E-state index in [-0.39, 0.29) is 17.9 Å². The zero-order valence-electron chi connectivity index (χ0n) is 14.5. The third-order valence-electron chi connectivity index (χ3n) is 4.48. The molecule has 3 rings (SSSR count). The van der Waals surface area contributed by atoms with Gasteiger partial charge in [0.15, 0.2) is 0 Å². The number of carbonyl (C=O) groups excluding carboxylic acids is 2. The Morgan fingerprint density at radius 2 is 2.08 bits per heavy atom. The van der Waals surface area contributed by atoms with Gasteiger partial charge >= 0.3 is 0 Å². The van der Waals surface area contributed by atoms with Gasteiger partial charge in [-0.3, -0.25) is 9.59 Å². The lowest BCUT2D eigenvalue weighted by Crippen LogP contribution is -2.37. The first-order valence-electron chi connectivity index (χ1n) is 8.32. The van der Waals surface area contributed by atoms with E-state index in [0.29, 0.717) is 30.8 Å². The number of furan rings is 1. The van der Waals surface area contributed by atoms with Crippen LogP contribution in [0.4, 0.5) is 0 Å². The molecule has 2 aromatic rings. The number of methoxy groups -OCH3 is 1. The maximum absolute atomic E-state index is 12.2. The second-order valence-electron chi connectivity index (χ2n) is 6.20. The fourth-order valence-electron chi connectivity index (χ4n) is 3.02. The molecule has 1 aromatic heterocycles. The molecule has 2 heterocycles. The first kappa shape index (κ1) is 17.1. The molecule has 0 radical (unpaired) electrons. The molecule has 6 nitrogen and oxygen atoms in total. The highest BCUT2D eigenvalue weighted by atomic mass is 16.5. The molecule has 0 saturated carbocycles. The summed E-state index contributed by atoms with van der Waals surface area (Å²) in [7, 11) is 1.64. The number of hydrogen-bond acceptors (Lipinski definition) is 4. The SMILES string of the molecule is COc1ccc(CCN2CC(NC(=O)c3ccoc3C)CC2=O)cc1. The van der Waals surface area contributed by atoms with Gasteiger partial charge in [0.05, 0.1) is 25.0 Å². The zero-order valence-corrected chi connectivity index (χ0v) is 14.5. The van der Waals surface area contributed by atoms with E-state index in [1.807, 2.05) is 24.3 Å². The Bertz CT molecular complexity index is 751. The fraction of sp³-hybridized carbons (Fsp3) is 0.368. The molecule has 0 aliphatic carbocycles. The first-order valence-corrected chi connectivity index (χ1v) is 8.32. The van der Waals surface area contributed by atoms with Crippen molar-refractivity contribution in [1.29, 1.82) is 0 Å². The van der Waals surface area contributed by atoms with Gasteiger partial charge in [0.1, 0.15) is 11.5 Å². The number of likely N-dealkylation sites (tertiary alicyclic amines) is 1. The van der Waals surface area contributed by atoms with Crippen molar-refractivity contribution in [1.82, 2.24) is 10.2 Å². The third-order valence-corrected chi connectivity index (χ3v) is 4.48. The van der Waals surface area contributed by atoms with E-state index in [4.69, 9.17) is 9.15 Å². The molecule has 132 valence electrons. The van der Waals surface area contributed by atoms with Crippen LogP contribution in [0.15, 0.2) is 41.0 Å². The van der Waals surface area contributed by atoms with Crippen LogP contribution in [0.3, 0.4) is 0 Å². The quantitative estimate of drug-likeness (QED) is 0.873. The number of nitrogens with zero attached hydrogens (tertiary/aromatic N) is 1. The molecule has 1 N–H and O–H groups in total. The van der Waals surface area contributed by atoms with E-state index in [9.17, 15) is 9.59 Å². The Labute approximate surface area is 146 Å². The molecule has 25 heavy (non-hydrogen) atoms. The van der Waals surface area contributed by atoms with Crippen molar-refractivity contribution < 1.29 is 18.7 Å². The summed E-state index contributed by atoms with van der Waals surface area (Å²) >= 11 is 0. The summed E-state index contributed by atoms with van der Waals surface area (Å²) in [4.78, 5) is 26.2. The number of hydrogen-bond donors (Lipinski definition) is 1. The van der Waals surface area contributed by atoms with Gasteiger partial charge in [-0.05, 0) is 37.1 Å². The predicted octanol–water partition coefficient (Wildman–Crippen LogP) is 2.17. The van der Waals surface area contributed by atoms with Crippen molar-refractivity contribution in [3.63, 3.8) is 0 Å². The molecular weight excluding hydrogens is 320 g/mol. The summed E-state index contributed by atoms with van der Waals surface area (Å²) < 4.78 is 10.3. The average Bonchev–Trinajstić information content (AvgIpc) is 3.19. The van der Waals surface area contributed by atoms with E-state index >= 15 is 0 Å². The molecule has 1 aromatic carbocycles. The van der Waals surface area contributed by atoms with Crippen LogP contribution in [0, 0.1) is 6.92 Å². The highest BCUT2D eigenvalue weighted by molar-refractivity contribution is 5.95. The van der Waals surface area contributed by atoms with Crippen LogP contribution in [-0.2, 0) is 11.2 Å². The van der Waals surface area contributed by atoms with Gasteiger partial charge < -0.3 is 19.4 Å². The highest BCUT2D eigenvalue weighted by Crippen LogP contribution is 2.16. The highest BCUT2D eigenvalue weighted by Gasteiger charge is 2.30. The van der Waals surface area contributed by atoms with Gasteiger partial charge in [-0.1, -0.05) is 12.1 Å². The molecule has 1 fully saturated rings. The van der Waals surface area contributed by atoms with Crippen LogP contribution < -0.4 is 10.1 Å². The monoisotopic (exact) mass is 342 g/mol. The molecule has 0 bridgehead atoms. The van der Waals surface area contributed by atoms with E-state index in [1.165, 1.54) is 6.26 Å². The molecular formula is C19H22N2O4. The van der Waals surface area contributed by atoms with Gasteiger partial charge in [0.2, 0.25) is 5.91 Å². The molecule has 6 heteroatoms. The second-order valence-corrected chi connectivity index (χ2v) is 6.20. The smallest absolute Gasteiger partial charge is 0.255 e. The van der Waals surface area contributed by atoms with Crippen molar-refractivity contribution >= 4 is 11.8 Å². The molecule has 1 saturated heterocycles. The topological polar surface area (TPSA) is 71.8 Å². The summed E-state index contributed by atoms with van der Waals surface area (Å²) in [6.07, 6.45) is 2.60. The molecule has 1 aliphatic rings. The average molecular weight is 342 g/mol. The summed E-state index contributed by atoms with van der Waals surface area (Å²) in [6.45, 7) is 2.93. The van der Waals surface area contributed by atoms with E-state index < -0.39 is 0 Å². The number of benzene rings is 1. The Hall–Kier alpha value is -2.76. The maximum Gasteiger partial charge on any atom is 0.255 e. The lowest BCUT2D eigenvalue weighted by Gasteiger charge is -2.17. The van der Waals surface area contributed by atoms with Gasteiger partial charge in [-0.15, -0.1) is 0 Å². The lowest BCUT2D eigenvalue weighted by atomic mass is 10.1. The predicted molar refractivity (Wildman–Crippen MR) is 92.6 cm³/mol. The van der Waals surface area contributed by atoms with Crippen LogP contribution in [0.1, 0.15) is 28.1 Å². The minimum atomic E-state index is -0.193. The van der Waals surface area contributed by atoms with Crippen molar-refractivity contribution in [2.45, 2.75) is 25.8 Å². The number of amides is 2. The number of nitrogens with one attached hydrogen (secondary N) is 1. The number of ether oxygens (including phenoxy) is 1. The summed E-state index contributed by atoms with van der Waals surface area (Å²) in [6, 6.07) is 9.31. The first-order chi connectivity index (χ1) is 12.1. The van der Waals surface area contributed by atoms with Gasteiger partial charge in [-0.2, -0.15) is 0 Å². The third kappa shape index (κ3) is 4.02. The number of carbonyl (C=O) groups is 2. The second kappa shape index (κ2) is 7.42. The zero-order chi connectivity index (χ0) is 17.8. The molecule has 1 unspecified atom stereocenters. The minimum absolute atomic E-state index is 0.0720. The molecule has 1 aliphatic heterocycles. The normalized spacial score (nSPS) is 17.0. The largest absolute Gasteiger partial charge is 0.497 e. The van der Waals surface area contributed by atoms with E-state index in [1.54, 1.807) is 25.0 Å². The van der Waals surface area contributed by atoms with E-state index in [0.717, 1.165) is 17.7 Å². The van der Waals surface area contributed by atoms with Crippen LogP contribution in [0.2, 0.25) is 0 Å². The summed E-state index contributed by atoms with van der Waals surface area (Å²) in [5.41, 5.74) is 1.67.